The Labute approximate surface area is 101 Å². The molecule has 1 N–H and O–H groups in total. The normalized spacial score (nSPS) is 12.4. The fourth-order valence-electron chi connectivity index (χ4n) is 1.74. The predicted molar refractivity (Wildman–Crippen MR) is 66.5 cm³/mol. The Kier molecular flexibility index (Phi) is 3.77. The smallest absolute Gasteiger partial charge is 0.115 e. The first-order chi connectivity index (χ1) is 8.31. The average molecular weight is 228 g/mol. The van der Waals surface area contributed by atoms with E-state index in [-0.39, 0.29) is 6.04 Å². The maximum atomic E-state index is 4.33. The Morgan fingerprint density at radius 1 is 1.12 bits per heavy atom. The van der Waals surface area contributed by atoms with Crippen LogP contribution in [0.2, 0.25) is 0 Å². The zero-order valence-corrected chi connectivity index (χ0v) is 10.1. The lowest BCUT2D eigenvalue weighted by Crippen LogP contribution is -2.22. The Morgan fingerprint density at radius 2 is 1.88 bits per heavy atom. The van der Waals surface area contributed by atoms with Crippen LogP contribution in [0.25, 0.3) is 0 Å². The van der Waals surface area contributed by atoms with Gasteiger partial charge in [-0.1, -0.05) is 13.0 Å². The van der Waals surface area contributed by atoms with Crippen molar-refractivity contribution in [3.63, 3.8) is 0 Å². The SMILES string of the molecule is CCNC(c1cncnc1)c1ccc(C)nc1. The minimum Gasteiger partial charge on any atom is -0.306 e. The molecule has 0 amide bonds. The summed E-state index contributed by atoms with van der Waals surface area (Å²) < 4.78 is 0. The summed E-state index contributed by atoms with van der Waals surface area (Å²) in [6.45, 7) is 4.95. The van der Waals surface area contributed by atoms with Crippen LogP contribution < -0.4 is 5.32 Å². The highest BCUT2D eigenvalue weighted by Gasteiger charge is 2.13. The van der Waals surface area contributed by atoms with E-state index in [2.05, 4.69) is 33.3 Å². The van der Waals surface area contributed by atoms with E-state index in [0.717, 1.165) is 23.4 Å². The van der Waals surface area contributed by atoms with Crippen LogP contribution in [0.4, 0.5) is 0 Å². The van der Waals surface area contributed by atoms with Crippen molar-refractivity contribution in [2.24, 2.45) is 0 Å². The van der Waals surface area contributed by atoms with Crippen LogP contribution in [0, 0.1) is 6.92 Å². The van der Waals surface area contributed by atoms with Crippen molar-refractivity contribution in [1.82, 2.24) is 20.3 Å². The van der Waals surface area contributed by atoms with Gasteiger partial charge in [-0.2, -0.15) is 0 Å². The monoisotopic (exact) mass is 228 g/mol. The Bertz CT molecular complexity index is 453. The van der Waals surface area contributed by atoms with Crippen molar-refractivity contribution in [2.75, 3.05) is 6.54 Å². The van der Waals surface area contributed by atoms with Gasteiger partial charge in [0, 0.05) is 29.8 Å². The van der Waals surface area contributed by atoms with E-state index >= 15 is 0 Å². The summed E-state index contributed by atoms with van der Waals surface area (Å²) >= 11 is 0. The molecule has 2 heterocycles. The standard InChI is InChI=1S/C13H16N4/c1-3-16-13(12-6-14-9-15-7-12)11-5-4-10(2)17-8-11/h4-9,13,16H,3H2,1-2H3. The van der Waals surface area contributed by atoms with Gasteiger partial charge in [-0.05, 0) is 25.1 Å². The number of pyridine rings is 1. The molecular weight excluding hydrogens is 212 g/mol. The Balaban J connectivity index is 2.32. The molecule has 88 valence electrons. The van der Waals surface area contributed by atoms with E-state index in [0.29, 0.717) is 0 Å². The minimum absolute atomic E-state index is 0.106. The van der Waals surface area contributed by atoms with Crippen molar-refractivity contribution < 1.29 is 0 Å². The second kappa shape index (κ2) is 5.50. The second-order valence-corrected chi connectivity index (χ2v) is 3.90. The quantitative estimate of drug-likeness (QED) is 0.868. The summed E-state index contributed by atoms with van der Waals surface area (Å²) in [5.74, 6) is 0. The molecule has 1 atom stereocenters. The summed E-state index contributed by atoms with van der Waals surface area (Å²) in [6.07, 6.45) is 7.11. The molecule has 0 saturated heterocycles. The van der Waals surface area contributed by atoms with Gasteiger partial charge >= 0.3 is 0 Å². The molecule has 4 heteroatoms. The first kappa shape index (κ1) is 11.7. The van der Waals surface area contributed by atoms with E-state index in [1.807, 2.05) is 31.6 Å². The molecule has 2 aromatic heterocycles. The third kappa shape index (κ3) is 2.85. The highest BCUT2D eigenvalue weighted by Crippen LogP contribution is 2.19. The lowest BCUT2D eigenvalue weighted by atomic mass is 10.0. The molecular formula is C13H16N4. The molecule has 0 aliphatic rings. The van der Waals surface area contributed by atoms with E-state index in [4.69, 9.17) is 0 Å². The van der Waals surface area contributed by atoms with Gasteiger partial charge in [0.05, 0.1) is 6.04 Å². The maximum absolute atomic E-state index is 4.33. The molecule has 0 fully saturated rings. The number of nitrogens with one attached hydrogen (secondary N) is 1. The van der Waals surface area contributed by atoms with Crippen molar-refractivity contribution in [3.05, 3.63) is 53.9 Å². The van der Waals surface area contributed by atoms with Crippen molar-refractivity contribution >= 4 is 0 Å². The lowest BCUT2D eigenvalue weighted by molar-refractivity contribution is 0.623. The fraction of sp³-hybridized carbons (Fsp3) is 0.308. The zero-order chi connectivity index (χ0) is 12.1. The van der Waals surface area contributed by atoms with E-state index in [9.17, 15) is 0 Å². The third-order valence-corrected chi connectivity index (χ3v) is 2.59. The van der Waals surface area contributed by atoms with Crippen LogP contribution in [0.1, 0.15) is 29.8 Å². The van der Waals surface area contributed by atoms with Gasteiger partial charge in [0.25, 0.3) is 0 Å². The average Bonchev–Trinajstić information content (AvgIpc) is 2.38. The lowest BCUT2D eigenvalue weighted by Gasteiger charge is -2.17. The van der Waals surface area contributed by atoms with Gasteiger partial charge in [-0.3, -0.25) is 4.98 Å². The molecule has 1 unspecified atom stereocenters. The molecule has 0 bridgehead atoms. The number of rotatable bonds is 4. The minimum atomic E-state index is 0.106. The molecule has 0 radical (unpaired) electrons. The summed E-state index contributed by atoms with van der Waals surface area (Å²) in [7, 11) is 0. The van der Waals surface area contributed by atoms with Crippen LogP contribution in [-0.2, 0) is 0 Å². The third-order valence-electron chi connectivity index (χ3n) is 2.59. The summed E-state index contributed by atoms with van der Waals surface area (Å²) in [5.41, 5.74) is 3.21. The number of hydrogen-bond acceptors (Lipinski definition) is 4. The molecule has 2 rings (SSSR count). The van der Waals surface area contributed by atoms with Crippen molar-refractivity contribution in [2.45, 2.75) is 19.9 Å². The highest BCUT2D eigenvalue weighted by molar-refractivity contribution is 5.27. The number of aromatic nitrogens is 3. The van der Waals surface area contributed by atoms with Gasteiger partial charge < -0.3 is 5.32 Å². The van der Waals surface area contributed by atoms with E-state index in [1.54, 1.807) is 6.33 Å². The van der Waals surface area contributed by atoms with Crippen molar-refractivity contribution in [3.8, 4) is 0 Å². The zero-order valence-electron chi connectivity index (χ0n) is 10.1. The van der Waals surface area contributed by atoms with Crippen LogP contribution >= 0.6 is 0 Å². The largest absolute Gasteiger partial charge is 0.306 e. The molecule has 17 heavy (non-hydrogen) atoms. The summed E-state index contributed by atoms with van der Waals surface area (Å²) in [4.78, 5) is 12.4. The molecule has 0 aliphatic carbocycles. The van der Waals surface area contributed by atoms with Gasteiger partial charge in [0.15, 0.2) is 0 Å². The molecule has 0 saturated carbocycles. The molecule has 0 aromatic carbocycles. The van der Waals surface area contributed by atoms with Crippen molar-refractivity contribution in [1.29, 1.82) is 0 Å². The van der Waals surface area contributed by atoms with Gasteiger partial charge in [0.2, 0.25) is 0 Å². The number of hydrogen-bond donors (Lipinski definition) is 1. The fourth-order valence-corrected chi connectivity index (χ4v) is 1.74. The molecule has 4 nitrogen and oxygen atoms in total. The van der Waals surface area contributed by atoms with Crippen LogP contribution in [0.15, 0.2) is 37.1 Å². The number of nitrogens with zero attached hydrogens (tertiary/aromatic N) is 3. The molecule has 2 aromatic rings. The highest BCUT2D eigenvalue weighted by atomic mass is 14.9. The molecule has 0 spiro atoms. The van der Waals surface area contributed by atoms with Crippen LogP contribution in [0.3, 0.4) is 0 Å². The van der Waals surface area contributed by atoms with Crippen LogP contribution in [-0.4, -0.2) is 21.5 Å². The van der Waals surface area contributed by atoms with Crippen LogP contribution in [0.5, 0.6) is 0 Å². The first-order valence-corrected chi connectivity index (χ1v) is 5.72. The predicted octanol–water partition coefficient (Wildman–Crippen LogP) is 1.88. The number of aryl methyl sites for hydroxylation is 1. The summed E-state index contributed by atoms with van der Waals surface area (Å²) in [5, 5.41) is 3.41. The Hall–Kier alpha value is -1.81. The second-order valence-electron chi connectivity index (χ2n) is 3.90. The molecule has 0 aliphatic heterocycles. The first-order valence-electron chi connectivity index (χ1n) is 5.72. The van der Waals surface area contributed by atoms with Gasteiger partial charge in [-0.15, -0.1) is 0 Å². The Morgan fingerprint density at radius 3 is 2.47 bits per heavy atom. The van der Waals surface area contributed by atoms with Gasteiger partial charge in [-0.25, -0.2) is 9.97 Å². The van der Waals surface area contributed by atoms with Gasteiger partial charge in [0.1, 0.15) is 6.33 Å². The topological polar surface area (TPSA) is 50.7 Å². The van der Waals surface area contributed by atoms with E-state index < -0.39 is 0 Å². The summed E-state index contributed by atoms with van der Waals surface area (Å²) in [6, 6.07) is 4.21. The van der Waals surface area contributed by atoms with E-state index in [1.165, 1.54) is 0 Å². The maximum Gasteiger partial charge on any atom is 0.115 e.